The van der Waals surface area contributed by atoms with E-state index in [1.807, 2.05) is 13.0 Å². The molecule has 1 heterocycles. The van der Waals surface area contributed by atoms with E-state index in [1.54, 1.807) is 6.26 Å². The summed E-state index contributed by atoms with van der Waals surface area (Å²) in [7, 11) is 0. The van der Waals surface area contributed by atoms with Crippen molar-refractivity contribution in [3.63, 3.8) is 0 Å². The highest BCUT2D eigenvalue weighted by Gasteiger charge is 2.18. The van der Waals surface area contributed by atoms with Crippen LogP contribution in [0.5, 0.6) is 0 Å². The van der Waals surface area contributed by atoms with Gasteiger partial charge in [0.1, 0.15) is 11.9 Å². The Morgan fingerprint density at radius 2 is 1.81 bits per heavy atom. The standard InChI is InChI=1S/C19H24O2/c1-2-18-17(12-13-21-18)19(20)16-10-8-15(9-11-16)14-6-4-3-5-7-14/h8-14,19-20H,2-7H2,1H3. The third-order valence-corrected chi connectivity index (χ3v) is 4.72. The zero-order valence-corrected chi connectivity index (χ0v) is 12.7. The number of aryl methyl sites for hydroxylation is 1. The molecule has 21 heavy (non-hydrogen) atoms. The van der Waals surface area contributed by atoms with Crippen molar-refractivity contribution in [2.75, 3.05) is 0 Å². The van der Waals surface area contributed by atoms with Gasteiger partial charge in [-0.25, -0.2) is 0 Å². The monoisotopic (exact) mass is 284 g/mol. The second-order valence-electron chi connectivity index (χ2n) is 6.06. The minimum absolute atomic E-state index is 0.584. The fraction of sp³-hybridized carbons (Fsp3) is 0.474. The first kappa shape index (κ1) is 14.4. The van der Waals surface area contributed by atoms with Crippen LogP contribution in [0.4, 0.5) is 0 Å². The Balaban J connectivity index is 1.77. The van der Waals surface area contributed by atoms with Gasteiger partial charge in [0.25, 0.3) is 0 Å². The molecule has 2 heteroatoms. The van der Waals surface area contributed by atoms with Crippen molar-refractivity contribution >= 4 is 0 Å². The van der Waals surface area contributed by atoms with Crippen molar-refractivity contribution in [3.05, 3.63) is 59.0 Å². The summed E-state index contributed by atoms with van der Waals surface area (Å²) in [6.45, 7) is 2.04. The van der Waals surface area contributed by atoms with E-state index in [9.17, 15) is 5.11 Å². The average Bonchev–Trinajstić information content (AvgIpc) is 3.04. The van der Waals surface area contributed by atoms with Crippen molar-refractivity contribution in [2.45, 2.75) is 57.5 Å². The molecule has 1 aliphatic rings. The maximum atomic E-state index is 10.5. The summed E-state index contributed by atoms with van der Waals surface area (Å²) in [5.41, 5.74) is 3.27. The number of aliphatic hydroxyl groups excluding tert-OH is 1. The molecular weight excluding hydrogens is 260 g/mol. The van der Waals surface area contributed by atoms with E-state index < -0.39 is 6.10 Å². The van der Waals surface area contributed by atoms with Gasteiger partial charge in [-0.15, -0.1) is 0 Å². The molecule has 3 rings (SSSR count). The molecule has 0 aliphatic heterocycles. The Kier molecular flexibility index (Phi) is 4.45. The Labute approximate surface area is 126 Å². The van der Waals surface area contributed by atoms with Gasteiger partial charge in [0, 0.05) is 12.0 Å². The van der Waals surface area contributed by atoms with E-state index in [0.717, 1.165) is 23.3 Å². The summed E-state index contributed by atoms with van der Waals surface area (Å²) < 4.78 is 5.42. The summed E-state index contributed by atoms with van der Waals surface area (Å²) in [5.74, 6) is 1.59. The number of furan rings is 1. The SMILES string of the molecule is CCc1occc1C(O)c1ccc(C2CCCCC2)cc1. The Bertz CT molecular complexity index is 562. The van der Waals surface area contributed by atoms with Crippen molar-refractivity contribution < 1.29 is 9.52 Å². The third-order valence-electron chi connectivity index (χ3n) is 4.72. The molecule has 1 atom stereocenters. The van der Waals surface area contributed by atoms with Crippen LogP contribution in [0, 0.1) is 0 Å². The van der Waals surface area contributed by atoms with E-state index in [0.29, 0.717) is 5.92 Å². The van der Waals surface area contributed by atoms with Crippen LogP contribution in [0.25, 0.3) is 0 Å². The van der Waals surface area contributed by atoms with Crippen molar-refractivity contribution in [2.24, 2.45) is 0 Å². The van der Waals surface area contributed by atoms with E-state index in [1.165, 1.54) is 37.7 Å². The first-order chi connectivity index (χ1) is 10.3. The lowest BCUT2D eigenvalue weighted by atomic mass is 9.83. The Morgan fingerprint density at radius 1 is 1.10 bits per heavy atom. The second-order valence-corrected chi connectivity index (χ2v) is 6.06. The molecule has 1 fully saturated rings. The zero-order valence-electron chi connectivity index (χ0n) is 12.7. The van der Waals surface area contributed by atoms with Gasteiger partial charge in [0.05, 0.1) is 6.26 Å². The van der Waals surface area contributed by atoms with Crippen LogP contribution in [-0.2, 0) is 6.42 Å². The van der Waals surface area contributed by atoms with E-state index in [-0.39, 0.29) is 0 Å². The predicted octanol–water partition coefficient (Wildman–Crippen LogP) is 4.97. The molecule has 0 saturated heterocycles. The summed E-state index contributed by atoms with van der Waals surface area (Å²) >= 11 is 0. The topological polar surface area (TPSA) is 33.4 Å². The molecule has 0 amide bonds. The number of rotatable bonds is 4. The summed E-state index contributed by atoms with van der Waals surface area (Å²) in [4.78, 5) is 0. The highest BCUT2D eigenvalue weighted by molar-refractivity contribution is 5.34. The fourth-order valence-electron chi connectivity index (χ4n) is 3.45. The average molecular weight is 284 g/mol. The highest BCUT2D eigenvalue weighted by Crippen LogP contribution is 2.34. The maximum Gasteiger partial charge on any atom is 0.109 e. The fourth-order valence-corrected chi connectivity index (χ4v) is 3.45. The summed E-state index contributed by atoms with van der Waals surface area (Å²) in [5, 5.41) is 10.5. The number of hydrogen-bond donors (Lipinski definition) is 1. The molecule has 1 aromatic heterocycles. The number of benzene rings is 1. The normalized spacial score (nSPS) is 17.8. The van der Waals surface area contributed by atoms with Gasteiger partial charge in [-0.05, 0) is 36.0 Å². The van der Waals surface area contributed by atoms with E-state index >= 15 is 0 Å². The number of hydrogen-bond acceptors (Lipinski definition) is 2. The van der Waals surface area contributed by atoms with Crippen molar-refractivity contribution in [1.29, 1.82) is 0 Å². The first-order valence-electron chi connectivity index (χ1n) is 8.13. The first-order valence-corrected chi connectivity index (χ1v) is 8.13. The van der Waals surface area contributed by atoms with Gasteiger partial charge in [-0.1, -0.05) is 50.5 Å². The lowest BCUT2D eigenvalue weighted by molar-refractivity contribution is 0.217. The molecule has 112 valence electrons. The van der Waals surface area contributed by atoms with Crippen molar-refractivity contribution in [1.82, 2.24) is 0 Å². The molecular formula is C19H24O2. The van der Waals surface area contributed by atoms with Crippen LogP contribution in [0.1, 0.15) is 73.5 Å². The molecule has 2 aromatic rings. The van der Waals surface area contributed by atoms with Crippen LogP contribution in [0.2, 0.25) is 0 Å². The highest BCUT2D eigenvalue weighted by atomic mass is 16.3. The number of aliphatic hydroxyl groups is 1. The molecule has 1 saturated carbocycles. The molecule has 1 aliphatic carbocycles. The molecule has 1 unspecified atom stereocenters. The lowest BCUT2D eigenvalue weighted by Crippen LogP contribution is -2.05. The lowest BCUT2D eigenvalue weighted by Gasteiger charge is -2.22. The van der Waals surface area contributed by atoms with Crippen molar-refractivity contribution in [3.8, 4) is 0 Å². The smallest absolute Gasteiger partial charge is 0.109 e. The second kappa shape index (κ2) is 6.48. The van der Waals surface area contributed by atoms with Crippen LogP contribution < -0.4 is 0 Å². The van der Waals surface area contributed by atoms with Gasteiger partial charge in [0.2, 0.25) is 0 Å². The zero-order chi connectivity index (χ0) is 14.7. The summed E-state index contributed by atoms with van der Waals surface area (Å²) in [6.07, 6.45) is 8.58. The maximum absolute atomic E-state index is 10.5. The van der Waals surface area contributed by atoms with E-state index in [4.69, 9.17) is 4.42 Å². The molecule has 1 N–H and O–H groups in total. The Hall–Kier alpha value is -1.54. The quantitative estimate of drug-likeness (QED) is 0.859. The van der Waals surface area contributed by atoms with Crippen LogP contribution in [0.15, 0.2) is 41.0 Å². The summed E-state index contributed by atoms with van der Waals surface area (Å²) in [6, 6.07) is 10.4. The van der Waals surface area contributed by atoms with Gasteiger partial charge >= 0.3 is 0 Å². The van der Waals surface area contributed by atoms with Gasteiger partial charge in [-0.2, -0.15) is 0 Å². The van der Waals surface area contributed by atoms with Crippen LogP contribution in [0.3, 0.4) is 0 Å². The molecule has 0 spiro atoms. The van der Waals surface area contributed by atoms with Gasteiger partial charge in [0.15, 0.2) is 0 Å². The third kappa shape index (κ3) is 3.06. The Morgan fingerprint density at radius 3 is 2.48 bits per heavy atom. The van der Waals surface area contributed by atoms with Crippen LogP contribution in [-0.4, -0.2) is 5.11 Å². The van der Waals surface area contributed by atoms with E-state index in [2.05, 4.69) is 24.3 Å². The minimum Gasteiger partial charge on any atom is -0.469 e. The van der Waals surface area contributed by atoms with Crippen LogP contribution >= 0.6 is 0 Å². The predicted molar refractivity (Wildman–Crippen MR) is 84.4 cm³/mol. The molecule has 1 aromatic carbocycles. The molecule has 2 nitrogen and oxygen atoms in total. The molecule has 0 bridgehead atoms. The van der Waals surface area contributed by atoms with Gasteiger partial charge < -0.3 is 9.52 Å². The van der Waals surface area contributed by atoms with Gasteiger partial charge in [-0.3, -0.25) is 0 Å². The largest absolute Gasteiger partial charge is 0.469 e. The molecule has 0 radical (unpaired) electrons. The minimum atomic E-state index is -0.584.